The summed E-state index contributed by atoms with van der Waals surface area (Å²) in [4.78, 5) is 54.5. The van der Waals surface area contributed by atoms with Crippen molar-refractivity contribution in [1.82, 2.24) is 10.2 Å². The lowest BCUT2D eigenvalue weighted by molar-refractivity contribution is -0.431. The van der Waals surface area contributed by atoms with Gasteiger partial charge in [-0.1, -0.05) is 12.1 Å². The summed E-state index contributed by atoms with van der Waals surface area (Å²) in [5.41, 5.74) is 0.814. The molecule has 1 saturated heterocycles. The van der Waals surface area contributed by atoms with Crippen LogP contribution in [0.5, 0.6) is 5.75 Å². The monoisotopic (exact) mass is 504 g/mol. The van der Waals surface area contributed by atoms with E-state index in [2.05, 4.69) is 41.6 Å². The Morgan fingerprint density at radius 3 is 2.39 bits per heavy atom. The van der Waals surface area contributed by atoms with Gasteiger partial charge in [0.2, 0.25) is 5.91 Å². The van der Waals surface area contributed by atoms with Gasteiger partial charge in [-0.25, -0.2) is 0 Å². The molecule has 36 heavy (non-hydrogen) atoms. The molecule has 0 spiro atoms. The van der Waals surface area contributed by atoms with Crippen LogP contribution in [-0.4, -0.2) is 54.9 Å². The Balaban J connectivity index is 0.00000154. The summed E-state index contributed by atoms with van der Waals surface area (Å²) >= 11 is 0. The Morgan fingerprint density at radius 1 is 1.08 bits per heavy atom. The van der Waals surface area contributed by atoms with Crippen molar-refractivity contribution in [2.75, 3.05) is 19.7 Å². The number of unbranched alkanes of at least 4 members (excludes halogenated alkanes) is 1. The van der Waals surface area contributed by atoms with Crippen molar-refractivity contribution in [2.45, 2.75) is 38.1 Å². The summed E-state index contributed by atoms with van der Waals surface area (Å²) in [6.45, 7) is 13.2. The van der Waals surface area contributed by atoms with E-state index >= 15 is 0 Å². The third-order valence-corrected chi connectivity index (χ3v) is 4.85. The predicted octanol–water partition coefficient (Wildman–Crippen LogP) is 2.71. The minimum atomic E-state index is -0.480. The van der Waals surface area contributed by atoms with Crippen LogP contribution in [0.1, 0.15) is 37.5 Å². The van der Waals surface area contributed by atoms with Gasteiger partial charge in [0.1, 0.15) is 0 Å². The summed E-state index contributed by atoms with van der Waals surface area (Å²) in [6.07, 6.45) is 4.36. The van der Waals surface area contributed by atoms with E-state index in [1.54, 1.807) is 24.3 Å². The first-order chi connectivity index (χ1) is 17.6. The molecule has 0 bridgehead atoms. The van der Waals surface area contributed by atoms with Crippen LogP contribution in [0, 0.1) is 0 Å². The number of imide groups is 1. The van der Waals surface area contributed by atoms with Gasteiger partial charge >= 0.3 is 6.47 Å². The second-order valence-corrected chi connectivity index (χ2v) is 7.09. The van der Waals surface area contributed by atoms with Gasteiger partial charge in [0.05, 0.1) is 12.7 Å². The summed E-state index contributed by atoms with van der Waals surface area (Å²) in [6, 6.07) is 6.75. The maximum Gasteiger partial charge on any atom is 0.335 e. The van der Waals surface area contributed by atoms with Crippen molar-refractivity contribution in [2.24, 2.45) is 0 Å². The lowest BCUT2D eigenvalue weighted by Gasteiger charge is -2.13. The van der Waals surface area contributed by atoms with Crippen molar-refractivity contribution < 1.29 is 43.5 Å². The fraction of sp³-hybridized carbons (Fsp3) is 0.360. The van der Waals surface area contributed by atoms with Crippen LogP contribution in [0.2, 0.25) is 0 Å². The lowest BCUT2D eigenvalue weighted by atomic mass is 10.1. The SMILES string of the molecule is C=C.C=C.O=COOOc1ccc(C2OCC(CCCCNC(=O)CCN3C(=O)C=CC3=O)O2)cc1. The first-order valence-corrected chi connectivity index (χ1v) is 11.2. The van der Waals surface area contributed by atoms with Crippen LogP contribution >= 0.6 is 0 Å². The number of ether oxygens (including phenoxy) is 2. The van der Waals surface area contributed by atoms with Gasteiger partial charge in [-0.15, -0.1) is 26.3 Å². The van der Waals surface area contributed by atoms with E-state index in [-0.39, 0.29) is 43.3 Å². The molecule has 0 saturated carbocycles. The van der Waals surface area contributed by atoms with Crippen molar-refractivity contribution in [1.29, 1.82) is 0 Å². The summed E-state index contributed by atoms with van der Waals surface area (Å²) in [5, 5.41) is 6.98. The minimum Gasteiger partial charge on any atom is -0.356 e. The van der Waals surface area contributed by atoms with Gasteiger partial charge in [-0.2, -0.15) is 0 Å². The van der Waals surface area contributed by atoms with Crippen LogP contribution in [0.3, 0.4) is 0 Å². The molecule has 11 nitrogen and oxygen atoms in total. The molecule has 3 rings (SSSR count). The minimum absolute atomic E-state index is 0.0457. The number of nitrogens with zero attached hydrogens (tertiary/aromatic N) is 1. The second kappa shape index (κ2) is 17.6. The second-order valence-electron chi connectivity index (χ2n) is 7.09. The first kappa shape index (κ1) is 30.2. The van der Waals surface area contributed by atoms with Crippen LogP contribution in [0.15, 0.2) is 62.7 Å². The van der Waals surface area contributed by atoms with Gasteiger partial charge in [-0.05, 0) is 31.4 Å². The smallest absolute Gasteiger partial charge is 0.335 e. The van der Waals surface area contributed by atoms with Crippen molar-refractivity contribution >= 4 is 24.2 Å². The number of rotatable bonds is 13. The van der Waals surface area contributed by atoms with Crippen LogP contribution in [0.4, 0.5) is 0 Å². The summed E-state index contributed by atoms with van der Waals surface area (Å²) in [5.74, 6) is -0.624. The Bertz CT molecular complexity index is 853. The maximum absolute atomic E-state index is 11.9. The van der Waals surface area contributed by atoms with Crippen molar-refractivity contribution in [3.8, 4) is 5.75 Å². The van der Waals surface area contributed by atoms with E-state index in [4.69, 9.17) is 14.4 Å². The standard InChI is InChI=1S/C21H24N2O9.2C2H4/c24-14-29-32-31-16-6-4-15(5-7-16)21-28-13-17(30-21)3-1-2-11-22-18(25)10-12-23-19(26)8-9-20(23)27;2*1-2/h4-9,14,17,21H,1-3,10-13H2,(H,22,25);2*1-2H2. The maximum atomic E-state index is 11.9. The van der Waals surface area contributed by atoms with Gasteiger partial charge in [-0.3, -0.25) is 33.9 Å². The zero-order valence-electron chi connectivity index (χ0n) is 20.1. The van der Waals surface area contributed by atoms with E-state index in [0.717, 1.165) is 29.7 Å². The molecule has 196 valence electrons. The van der Waals surface area contributed by atoms with Gasteiger partial charge in [0.15, 0.2) is 12.0 Å². The third-order valence-electron chi connectivity index (χ3n) is 4.85. The quantitative estimate of drug-likeness (QED) is 0.108. The molecule has 2 atom stereocenters. The largest absolute Gasteiger partial charge is 0.356 e. The first-order valence-electron chi connectivity index (χ1n) is 11.2. The van der Waals surface area contributed by atoms with E-state index in [1.807, 2.05) is 0 Å². The Hall–Kier alpha value is -3.80. The lowest BCUT2D eigenvalue weighted by Crippen LogP contribution is -2.35. The molecule has 1 aromatic carbocycles. The topological polar surface area (TPSA) is 130 Å². The number of carbonyl (C=O) groups is 4. The Kier molecular flexibility index (Phi) is 14.8. The number of benzene rings is 1. The molecule has 0 aliphatic carbocycles. The summed E-state index contributed by atoms with van der Waals surface area (Å²) in [7, 11) is 0. The number of amides is 3. The zero-order valence-corrected chi connectivity index (χ0v) is 20.1. The number of nitrogens with one attached hydrogen (secondary N) is 1. The van der Waals surface area contributed by atoms with Crippen molar-refractivity contribution in [3.63, 3.8) is 0 Å². The molecular weight excluding hydrogens is 472 g/mol. The zero-order chi connectivity index (χ0) is 26.8. The highest BCUT2D eigenvalue weighted by Crippen LogP contribution is 2.30. The average molecular weight is 505 g/mol. The van der Waals surface area contributed by atoms with E-state index in [1.165, 1.54) is 12.2 Å². The van der Waals surface area contributed by atoms with E-state index in [9.17, 15) is 19.2 Å². The number of hydrogen-bond donors (Lipinski definition) is 1. The van der Waals surface area contributed by atoms with Gasteiger partial charge in [0, 0.05) is 42.3 Å². The fourth-order valence-corrected chi connectivity index (χ4v) is 3.21. The van der Waals surface area contributed by atoms with Crippen LogP contribution in [-0.2, 0) is 38.6 Å². The van der Waals surface area contributed by atoms with Gasteiger partial charge in [0.25, 0.3) is 11.8 Å². The molecule has 2 aliphatic rings. The van der Waals surface area contributed by atoms with Crippen LogP contribution < -0.4 is 10.2 Å². The Morgan fingerprint density at radius 2 is 1.75 bits per heavy atom. The molecular formula is C25H32N2O9. The molecule has 3 amide bonds. The van der Waals surface area contributed by atoms with E-state index in [0.29, 0.717) is 18.9 Å². The molecule has 2 heterocycles. The molecule has 1 fully saturated rings. The average Bonchev–Trinajstić information content (AvgIpc) is 3.51. The van der Waals surface area contributed by atoms with Crippen LogP contribution in [0.25, 0.3) is 0 Å². The molecule has 11 heteroatoms. The van der Waals surface area contributed by atoms with E-state index < -0.39 is 6.29 Å². The van der Waals surface area contributed by atoms with Crippen molar-refractivity contribution in [3.05, 3.63) is 68.3 Å². The number of hydrogen-bond acceptors (Lipinski definition) is 9. The molecule has 2 unspecified atom stereocenters. The fourth-order valence-electron chi connectivity index (χ4n) is 3.21. The molecule has 1 N–H and O–H groups in total. The van der Waals surface area contributed by atoms with Gasteiger partial charge < -0.3 is 14.8 Å². The summed E-state index contributed by atoms with van der Waals surface area (Å²) < 4.78 is 11.6. The highest BCUT2D eigenvalue weighted by molar-refractivity contribution is 6.13. The molecule has 0 radical (unpaired) electrons. The highest BCUT2D eigenvalue weighted by Gasteiger charge is 2.27. The molecule has 1 aromatic rings. The highest BCUT2D eigenvalue weighted by atomic mass is 17.5. The normalized spacial score (nSPS) is 17.9. The number of carbonyl (C=O) groups excluding carboxylic acids is 4. The predicted molar refractivity (Wildman–Crippen MR) is 129 cm³/mol. The molecule has 2 aliphatic heterocycles. The molecule has 0 aromatic heterocycles. The Labute approximate surface area is 210 Å². The third kappa shape index (κ3) is 10.2.